The molecule has 13 nitrogen and oxygen atoms in total. The summed E-state index contributed by atoms with van der Waals surface area (Å²) in [7, 11) is -14.6. The van der Waals surface area contributed by atoms with Gasteiger partial charge in [-0.2, -0.15) is 26.8 Å². The van der Waals surface area contributed by atoms with E-state index in [1.807, 2.05) is 0 Å². The Kier molecular flexibility index (Phi) is 6.48. The summed E-state index contributed by atoms with van der Waals surface area (Å²) in [6.45, 7) is 2.28. The van der Waals surface area contributed by atoms with E-state index in [2.05, 4.69) is 24.5 Å². The first-order valence-corrected chi connectivity index (χ1v) is 12.0. The second kappa shape index (κ2) is 8.05. The van der Waals surface area contributed by atoms with Crippen molar-refractivity contribution in [2.45, 2.75) is 29.1 Å². The van der Waals surface area contributed by atoms with Gasteiger partial charge in [0, 0.05) is 0 Å². The monoisotopic (exact) mass is 488 g/mol. The lowest BCUT2D eigenvalue weighted by molar-refractivity contribution is 0.251. The molecule has 2 rings (SSSR count). The molecule has 0 aliphatic rings. The molecule has 0 spiro atoms. The van der Waals surface area contributed by atoms with Gasteiger partial charge in [0.1, 0.15) is 10.7 Å². The first-order chi connectivity index (χ1) is 13.1. The number of nitrogens with one attached hydrogen (secondary N) is 1. The molecule has 1 heterocycles. The van der Waals surface area contributed by atoms with Crippen molar-refractivity contribution in [3.63, 3.8) is 0 Å². The van der Waals surface area contributed by atoms with Crippen molar-refractivity contribution in [2.24, 2.45) is 0 Å². The summed E-state index contributed by atoms with van der Waals surface area (Å²) in [4.78, 5) is 9.70. The standard InChI is InChI=1S/C12H13ClN4O9S3/c1-6-14-11(13)17-12(15-6)16-9-4-3-8(5-10(9)28(20,21)22)27(18,19)7(2)26-29(23,24)25/h3-5,7H,1-2H3,(H,20,21,22)(H,23,24,25)(H,14,15,16,17). The second-order valence-electron chi connectivity index (χ2n) is 5.37. The number of benzene rings is 1. The molecule has 29 heavy (non-hydrogen) atoms. The average molecular weight is 489 g/mol. The van der Waals surface area contributed by atoms with Crippen LogP contribution in [-0.4, -0.2) is 54.7 Å². The van der Waals surface area contributed by atoms with Gasteiger partial charge >= 0.3 is 10.4 Å². The van der Waals surface area contributed by atoms with E-state index in [-0.39, 0.29) is 22.7 Å². The first kappa shape index (κ1) is 23.3. The number of sulfone groups is 1. The van der Waals surface area contributed by atoms with Gasteiger partial charge in [-0.1, -0.05) is 0 Å². The Balaban J connectivity index is 2.55. The number of rotatable bonds is 7. The molecule has 17 heteroatoms. The van der Waals surface area contributed by atoms with E-state index >= 15 is 0 Å². The summed E-state index contributed by atoms with van der Waals surface area (Å²) in [6.07, 6.45) is 0. The molecule has 3 N–H and O–H groups in total. The van der Waals surface area contributed by atoms with Crippen molar-refractivity contribution in [3.8, 4) is 0 Å². The quantitative estimate of drug-likeness (QED) is 0.461. The summed E-state index contributed by atoms with van der Waals surface area (Å²) in [5.41, 5.74) is -2.40. The predicted molar refractivity (Wildman–Crippen MR) is 98.4 cm³/mol. The van der Waals surface area contributed by atoms with Crippen molar-refractivity contribution in [1.29, 1.82) is 0 Å². The third kappa shape index (κ3) is 6.01. The van der Waals surface area contributed by atoms with Crippen LogP contribution in [-0.2, 0) is 34.5 Å². The molecule has 0 amide bonds. The predicted octanol–water partition coefficient (Wildman–Crippen LogP) is 0.763. The molecule has 160 valence electrons. The minimum absolute atomic E-state index is 0.189. The molecule has 0 fully saturated rings. The number of hydrogen-bond donors (Lipinski definition) is 3. The molecular formula is C12H13ClN4O9S3. The molecule has 1 aromatic carbocycles. The van der Waals surface area contributed by atoms with E-state index in [0.29, 0.717) is 6.07 Å². The Morgan fingerprint density at radius 2 is 1.69 bits per heavy atom. The normalized spacial score (nSPS) is 13.8. The van der Waals surface area contributed by atoms with Crippen molar-refractivity contribution in [2.75, 3.05) is 5.32 Å². The second-order valence-corrected chi connectivity index (χ2v) is 10.4. The zero-order chi connectivity index (χ0) is 22.2. The highest BCUT2D eigenvalue weighted by atomic mass is 35.5. The molecular weight excluding hydrogens is 476 g/mol. The Bertz CT molecular complexity index is 1240. The van der Waals surface area contributed by atoms with Crippen LogP contribution >= 0.6 is 11.6 Å². The highest BCUT2D eigenvalue weighted by Crippen LogP contribution is 2.29. The summed E-state index contributed by atoms with van der Waals surface area (Å²) in [5.74, 6) is 0.00220. The zero-order valence-corrected chi connectivity index (χ0v) is 17.7. The molecule has 0 saturated heterocycles. The average Bonchev–Trinajstić information content (AvgIpc) is 2.51. The van der Waals surface area contributed by atoms with Crippen molar-refractivity contribution in [1.82, 2.24) is 15.0 Å². The summed E-state index contributed by atoms with van der Waals surface area (Å²) in [6, 6.07) is 2.43. The fourth-order valence-electron chi connectivity index (χ4n) is 2.04. The molecule has 0 saturated carbocycles. The van der Waals surface area contributed by atoms with Crippen LogP contribution < -0.4 is 5.32 Å². The third-order valence-electron chi connectivity index (χ3n) is 3.22. The van der Waals surface area contributed by atoms with Gasteiger partial charge in [0.2, 0.25) is 21.1 Å². The largest absolute Gasteiger partial charge is 0.398 e. The van der Waals surface area contributed by atoms with E-state index in [4.69, 9.17) is 16.2 Å². The molecule has 1 unspecified atom stereocenters. The zero-order valence-electron chi connectivity index (χ0n) is 14.5. The number of nitrogens with zero attached hydrogens (tertiary/aromatic N) is 3. The van der Waals surface area contributed by atoms with Crippen LogP contribution in [0.25, 0.3) is 0 Å². The molecule has 0 bridgehead atoms. The highest BCUT2D eigenvalue weighted by Gasteiger charge is 2.30. The summed E-state index contributed by atoms with van der Waals surface area (Å²) < 4.78 is 91.9. The van der Waals surface area contributed by atoms with Crippen LogP contribution in [0.3, 0.4) is 0 Å². The topological polar surface area (TPSA) is 203 Å². The van der Waals surface area contributed by atoms with Crippen LogP contribution in [0.15, 0.2) is 28.0 Å². The number of aromatic nitrogens is 3. The van der Waals surface area contributed by atoms with E-state index in [1.165, 1.54) is 6.92 Å². The molecule has 0 aliphatic heterocycles. The van der Waals surface area contributed by atoms with Crippen LogP contribution in [0.4, 0.5) is 11.6 Å². The molecule has 0 aliphatic carbocycles. The van der Waals surface area contributed by atoms with Gasteiger partial charge in [0.25, 0.3) is 10.1 Å². The van der Waals surface area contributed by atoms with E-state index in [1.54, 1.807) is 0 Å². The van der Waals surface area contributed by atoms with Crippen LogP contribution in [0.1, 0.15) is 12.7 Å². The van der Waals surface area contributed by atoms with Gasteiger partial charge in [0.05, 0.1) is 10.6 Å². The van der Waals surface area contributed by atoms with Gasteiger partial charge < -0.3 is 5.32 Å². The minimum atomic E-state index is -5.10. The fourth-order valence-corrected chi connectivity index (χ4v) is 4.96. The van der Waals surface area contributed by atoms with Crippen LogP contribution in [0.2, 0.25) is 5.28 Å². The highest BCUT2D eigenvalue weighted by molar-refractivity contribution is 7.92. The Morgan fingerprint density at radius 1 is 1.07 bits per heavy atom. The van der Waals surface area contributed by atoms with Crippen molar-refractivity contribution < 1.29 is 38.5 Å². The molecule has 0 radical (unpaired) electrons. The number of aryl methyl sites for hydroxylation is 1. The van der Waals surface area contributed by atoms with Gasteiger partial charge in [-0.3, -0.25) is 9.11 Å². The SMILES string of the molecule is Cc1nc(Cl)nc(Nc2ccc(S(=O)(=O)C(C)OS(=O)(=O)O)cc2S(=O)(=O)O)n1. The van der Waals surface area contributed by atoms with Gasteiger partial charge in [0.15, 0.2) is 5.44 Å². The first-order valence-electron chi connectivity index (χ1n) is 7.26. The molecule has 1 atom stereocenters. The third-order valence-corrected chi connectivity index (χ3v) is 6.82. The number of hydrogen-bond acceptors (Lipinski definition) is 11. The van der Waals surface area contributed by atoms with Crippen LogP contribution in [0, 0.1) is 6.92 Å². The maximum Gasteiger partial charge on any atom is 0.398 e. The Hall–Kier alpha value is -1.95. The Labute approximate surface area is 170 Å². The van der Waals surface area contributed by atoms with Crippen molar-refractivity contribution in [3.05, 3.63) is 29.3 Å². The molecule has 1 aromatic heterocycles. The minimum Gasteiger partial charge on any atom is -0.323 e. The lowest BCUT2D eigenvalue weighted by atomic mass is 10.3. The number of halogens is 1. The van der Waals surface area contributed by atoms with Gasteiger partial charge in [-0.05, 0) is 43.6 Å². The lowest BCUT2D eigenvalue weighted by Crippen LogP contribution is -2.24. The Morgan fingerprint density at radius 3 is 2.21 bits per heavy atom. The maximum absolute atomic E-state index is 12.4. The van der Waals surface area contributed by atoms with E-state index < -0.39 is 45.6 Å². The molecule has 2 aromatic rings. The van der Waals surface area contributed by atoms with Gasteiger partial charge in [-0.15, -0.1) is 0 Å². The number of anilines is 2. The summed E-state index contributed by atoms with van der Waals surface area (Å²) >= 11 is 5.69. The maximum atomic E-state index is 12.4. The van der Waals surface area contributed by atoms with E-state index in [0.717, 1.165) is 19.1 Å². The van der Waals surface area contributed by atoms with Gasteiger partial charge in [-0.25, -0.2) is 17.6 Å². The van der Waals surface area contributed by atoms with E-state index in [9.17, 15) is 29.8 Å². The fraction of sp³-hybridized carbons (Fsp3) is 0.250. The summed E-state index contributed by atoms with van der Waals surface area (Å²) in [5, 5.41) is 2.25. The lowest BCUT2D eigenvalue weighted by Gasteiger charge is -2.14. The van der Waals surface area contributed by atoms with Crippen LogP contribution in [0.5, 0.6) is 0 Å². The van der Waals surface area contributed by atoms with Crippen molar-refractivity contribution >= 4 is 53.6 Å². The smallest absolute Gasteiger partial charge is 0.323 e.